The molecule has 1 aliphatic heterocycles. The van der Waals surface area contributed by atoms with E-state index < -0.39 is 0 Å². The second-order valence-corrected chi connectivity index (χ2v) is 8.78. The number of rotatable bonds is 3. The Kier molecular flexibility index (Phi) is 5.71. The van der Waals surface area contributed by atoms with Crippen molar-refractivity contribution in [3.8, 4) is 0 Å². The van der Waals surface area contributed by atoms with Gasteiger partial charge in [-0.25, -0.2) is 0 Å². The van der Waals surface area contributed by atoms with Gasteiger partial charge in [0, 0.05) is 35.7 Å². The molecule has 0 amide bonds. The van der Waals surface area contributed by atoms with Crippen molar-refractivity contribution in [1.29, 1.82) is 0 Å². The first kappa shape index (κ1) is 18.0. The summed E-state index contributed by atoms with van der Waals surface area (Å²) in [7, 11) is 0. The molecule has 1 aliphatic rings. The molecule has 1 fully saturated rings. The molecule has 0 bridgehead atoms. The lowest BCUT2D eigenvalue weighted by molar-refractivity contribution is -0.0316. The largest absolute Gasteiger partial charge is 0.295 e. The molecule has 1 saturated heterocycles. The zero-order valence-corrected chi connectivity index (χ0v) is 15.5. The van der Waals surface area contributed by atoms with Gasteiger partial charge >= 0.3 is 0 Å². The fraction of sp³-hybridized carbons (Fsp3) is 1.00. The SMILES string of the molecule is CCC1CC(N(C(C)C)C(C)(C)C)CCN1C(C)(C)C. The predicted octanol–water partition coefficient (Wildman–Crippen LogP) is 4.54. The van der Waals surface area contributed by atoms with Gasteiger partial charge in [-0.15, -0.1) is 0 Å². The molecular weight excluding hydrogens is 244 g/mol. The van der Waals surface area contributed by atoms with Gasteiger partial charge in [0.15, 0.2) is 0 Å². The van der Waals surface area contributed by atoms with Crippen LogP contribution in [-0.2, 0) is 0 Å². The van der Waals surface area contributed by atoms with Gasteiger partial charge < -0.3 is 0 Å². The van der Waals surface area contributed by atoms with E-state index in [1.165, 1.54) is 25.8 Å². The summed E-state index contributed by atoms with van der Waals surface area (Å²) in [5.74, 6) is 0. The van der Waals surface area contributed by atoms with Crippen LogP contribution in [0.1, 0.15) is 81.6 Å². The summed E-state index contributed by atoms with van der Waals surface area (Å²) < 4.78 is 0. The number of hydrogen-bond acceptors (Lipinski definition) is 2. The molecule has 20 heavy (non-hydrogen) atoms. The highest BCUT2D eigenvalue weighted by molar-refractivity contribution is 4.95. The highest BCUT2D eigenvalue weighted by Crippen LogP contribution is 2.33. The maximum absolute atomic E-state index is 2.75. The first-order chi connectivity index (χ1) is 8.98. The number of likely N-dealkylation sites (tertiary alicyclic amines) is 1. The van der Waals surface area contributed by atoms with E-state index >= 15 is 0 Å². The molecule has 2 nitrogen and oxygen atoms in total. The topological polar surface area (TPSA) is 6.48 Å². The van der Waals surface area contributed by atoms with Crippen LogP contribution in [0.4, 0.5) is 0 Å². The van der Waals surface area contributed by atoms with Crippen molar-refractivity contribution >= 4 is 0 Å². The van der Waals surface area contributed by atoms with Crippen molar-refractivity contribution in [1.82, 2.24) is 9.80 Å². The Bertz CT molecular complexity index is 296. The van der Waals surface area contributed by atoms with Crippen LogP contribution in [0.3, 0.4) is 0 Å². The van der Waals surface area contributed by atoms with Crippen LogP contribution in [0.25, 0.3) is 0 Å². The molecule has 2 atom stereocenters. The number of nitrogens with zero attached hydrogens (tertiary/aromatic N) is 2. The summed E-state index contributed by atoms with van der Waals surface area (Å²) >= 11 is 0. The first-order valence-corrected chi connectivity index (χ1v) is 8.53. The van der Waals surface area contributed by atoms with Gasteiger partial charge in [-0.3, -0.25) is 9.80 Å². The van der Waals surface area contributed by atoms with Gasteiger partial charge in [0.05, 0.1) is 0 Å². The van der Waals surface area contributed by atoms with Gasteiger partial charge in [-0.2, -0.15) is 0 Å². The molecule has 0 spiro atoms. The van der Waals surface area contributed by atoms with E-state index in [4.69, 9.17) is 0 Å². The highest BCUT2D eigenvalue weighted by Gasteiger charge is 2.39. The molecule has 0 saturated carbocycles. The van der Waals surface area contributed by atoms with E-state index in [-0.39, 0.29) is 5.54 Å². The Balaban J connectivity index is 2.87. The summed E-state index contributed by atoms with van der Waals surface area (Å²) in [6.45, 7) is 22.5. The molecule has 2 heteroatoms. The third-order valence-electron chi connectivity index (χ3n) is 4.75. The van der Waals surface area contributed by atoms with Crippen LogP contribution in [0.2, 0.25) is 0 Å². The zero-order chi connectivity index (χ0) is 15.7. The fourth-order valence-electron chi connectivity index (χ4n) is 4.30. The first-order valence-electron chi connectivity index (χ1n) is 8.53. The van der Waals surface area contributed by atoms with Crippen molar-refractivity contribution in [2.45, 2.75) is 111 Å². The van der Waals surface area contributed by atoms with Crippen LogP contribution in [0.15, 0.2) is 0 Å². The second kappa shape index (κ2) is 6.36. The van der Waals surface area contributed by atoms with Crippen molar-refractivity contribution < 1.29 is 0 Å². The van der Waals surface area contributed by atoms with Gasteiger partial charge in [0.1, 0.15) is 0 Å². The Labute approximate surface area is 127 Å². The lowest BCUT2D eigenvalue weighted by Gasteiger charge is -2.52. The van der Waals surface area contributed by atoms with E-state index in [0.717, 1.165) is 12.1 Å². The van der Waals surface area contributed by atoms with E-state index in [0.29, 0.717) is 11.6 Å². The van der Waals surface area contributed by atoms with Crippen LogP contribution in [0.5, 0.6) is 0 Å². The van der Waals surface area contributed by atoms with Crippen molar-refractivity contribution in [3.63, 3.8) is 0 Å². The Hall–Kier alpha value is -0.0800. The molecule has 0 radical (unpaired) electrons. The third-order valence-corrected chi connectivity index (χ3v) is 4.75. The van der Waals surface area contributed by atoms with Gasteiger partial charge in [0.2, 0.25) is 0 Å². The maximum atomic E-state index is 2.75. The quantitative estimate of drug-likeness (QED) is 0.750. The molecule has 0 aromatic heterocycles. The molecule has 0 aliphatic carbocycles. The Morgan fingerprint density at radius 3 is 2.00 bits per heavy atom. The zero-order valence-electron chi connectivity index (χ0n) is 15.5. The lowest BCUT2D eigenvalue weighted by atomic mass is 9.87. The van der Waals surface area contributed by atoms with Crippen molar-refractivity contribution in [2.24, 2.45) is 0 Å². The van der Waals surface area contributed by atoms with Gasteiger partial charge in [-0.1, -0.05) is 6.92 Å². The van der Waals surface area contributed by atoms with E-state index in [2.05, 4.69) is 72.1 Å². The normalized spacial score (nSPS) is 26.6. The average Bonchev–Trinajstić information content (AvgIpc) is 2.24. The van der Waals surface area contributed by atoms with Crippen LogP contribution < -0.4 is 0 Å². The minimum atomic E-state index is 0.265. The molecule has 0 N–H and O–H groups in total. The van der Waals surface area contributed by atoms with E-state index in [9.17, 15) is 0 Å². The smallest absolute Gasteiger partial charge is 0.0130 e. The van der Waals surface area contributed by atoms with Gasteiger partial charge in [-0.05, 0) is 74.7 Å². The van der Waals surface area contributed by atoms with Crippen molar-refractivity contribution in [2.75, 3.05) is 6.54 Å². The summed E-state index contributed by atoms with van der Waals surface area (Å²) in [6.07, 6.45) is 3.90. The lowest BCUT2D eigenvalue weighted by Crippen LogP contribution is -2.60. The summed E-state index contributed by atoms with van der Waals surface area (Å²) in [5.41, 5.74) is 0.567. The monoisotopic (exact) mass is 282 g/mol. The Morgan fingerprint density at radius 1 is 1.10 bits per heavy atom. The average molecular weight is 283 g/mol. The standard InChI is InChI=1S/C18H38N2/c1-10-15-13-16(11-12-19(15)17(4,5)6)20(14(2)3)18(7,8)9/h14-16H,10-13H2,1-9H3. The molecule has 2 unspecified atom stereocenters. The minimum absolute atomic E-state index is 0.265. The molecule has 120 valence electrons. The minimum Gasteiger partial charge on any atom is -0.295 e. The van der Waals surface area contributed by atoms with Crippen molar-refractivity contribution in [3.05, 3.63) is 0 Å². The summed E-state index contributed by atoms with van der Waals surface area (Å²) in [6, 6.07) is 2.09. The molecule has 0 aromatic carbocycles. The molecule has 1 rings (SSSR count). The van der Waals surface area contributed by atoms with Crippen LogP contribution in [0, 0.1) is 0 Å². The summed E-state index contributed by atoms with van der Waals surface area (Å²) in [5, 5.41) is 0. The Morgan fingerprint density at radius 2 is 1.65 bits per heavy atom. The summed E-state index contributed by atoms with van der Waals surface area (Å²) in [4.78, 5) is 5.47. The fourth-order valence-corrected chi connectivity index (χ4v) is 4.30. The molecule has 0 aromatic rings. The molecule has 1 heterocycles. The van der Waals surface area contributed by atoms with E-state index in [1.807, 2.05) is 0 Å². The highest BCUT2D eigenvalue weighted by atomic mass is 15.3. The third kappa shape index (κ3) is 4.21. The number of hydrogen-bond donors (Lipinski definition) is 0. The van der Waals surface area contributed by atoms with Crippen LogP contribution in [-0.4, -0.2) is 45.5 Å². The van der Waals surface area contributed by atoms with Gasteiger partial charge in [0.25, 0.3) is 0 Å². The predicted molar refractivity (Wildman–Crippen MR) is 90.3 cm³/mol. The number of piperidine rings is 1. The maximum Gasteiger partial charge on any atom is 0.0130 e. The second-order valence-electron chi connectivity index (χ2n) is 8.78. The molecular formula is C18H38N2. The van der Waals surface area contributed by atoms with Crippen LogP contribution >= 0.6 is 0 Å². The van der Waals surface area contributed by atoms with E-state index in [1.54, 1.807) is 0 Å².